The van der Waals surface area contributed by atoms with E-state index in [-0.39, 0.29) is 59.5 Å². The van der Waals surface area contributed by atoms with E-state index in [0.29, 0.717) is 120 Å². The fourth-order valence-corrected chi connectivity index (χ4v) is 17.8. The number of ketones is 2. The molecule has 12 aromatic rings. The van der Waals surface area contributed by atoms with Gasteiger partial charge in [-0.1, -0.05) is 178 Å². The fourth-order valence-electron chi connectivity index (χ4n) is 17.6. The lowest BCUT2D eigenvalue weighted by atomic mass is 9.99. The highest BCUT2D eigenvalue weighted by Gasteiger charge is 2.37. The average molecular weight is 2090 g/mol. The zero-order chi connectivity index (χ0) is 107. The van der Waals surface area contributed by atoms with Gasteiger partial charge >= 0.3 is 6.03 Å². The number of urea groups is 1. The molecule has 5 amide bonds. The number of hydrogen-bond acceptors (Lipinski definition) is 28. The van der Waals surface area contributed by atoms with Crippen LogP contribution < -0.4 is 56.4 Å². The van der Waals surface area contributed by atoms with E-state index in [1.807, 2.05) is 202 Å². The van der Waals surface area contributed by atoms with Gasteiger partial charge in [-0.15, -0.1) is 30.6 Å². The summed E-state index contributed by atoms with van der Waals surface area (Å²) in [6, 6.07) is 66.6. The van der Waals surface area contributed by atoms with Gasteiger partial charge in [0.15, 0.2) is 29.1 Å². The standard InChI is InChI=1S/3C20H26N4O2.C19H25N5O.C19H25N3O.C17H19BrN4O/c3*1-13(2)16-7-5-15(6-8-16)10-20(26)21-17-11-24(12-18(17)25)19-9-4-14(3)22-23-19;1-13(2)15-5-7-16(8-6-15)20-19(25)21-17-10-11-24(12-17)18-9-4-14(3)22-23-18;1-14(2)17-9-7-16(8-10-17)13-18(23)5-4-12-20-19-11-6-15(3)21-22-19;1-12-2-5-17(21-20-12)22-7-6-13(11-22)8-16(23)9-15-4-3-14(18)10-19-15/h3*4-9,13,17-18,25H,10-12H2,1-3H3,(H,21,26);4-9,13,17H,10-12H2,1-3H3,(H2,20,21,25);6-11,14H,4-5,12-13H2,1-3H3,(H,20,22);2-5,10,13H,6-9,11H2,1H3/t2*17-,18+;17-,18-;17-;;13-/m1010.1/s1. The van der Waals surface area contributed by atoms with Crippen molar-refractivity contribution in [2.75, 3.05) is 107 Å². The van der Waals surface area contributed by atoms with E-state index in [9.17, 15) is 44.1 Å². The van der Waals surface area contributed by atoms with Crippen molar-refractivity contribution in [1.82, 2.24) is 87.4 Å². The third-order valence-corrected chi connectivity index (χ3v) is 27.1. The molecule has 788 valence electrons. The van der Waals surface area contributed by atoms with Gasteiger partial charge in [-0.3, -0.25) is 29.0 Å². The number of anilines is 7. The second-order valence-electron chi connectivity index (χ2n) is 40.8. The van der Waals surface area contributed by atoms with Gasteiger partial charge in [-0.05, 0) is 259 Å². The maximum atomic E-state index is 12.4. The Balaban J connectivity index is 0.000000159. The van der Waals surface area contributed by atoms with Crippen LogP contribution >= 0.6 is 15.9 Å². The number of carbonyl (C=O) groups is 6. The van der Waals surface area contributed by atoms with Crippen LogP contribution in [-0.2, 0) is 56.1 Å². The Morgan fingerprint density at radius 1 is 0.342 bits per heavy atom. The Bertz CT molecular complexity index is 5880. The smallest absolute Gasteiger partial charge is 0.319 e. The first-order valence-corrected chi connectivity index (χ1v) is 52.6. The summed E-state index contributed by atoms with van der Waals surface area (Å²) in [6.45, 7) is 40.0. The van der Waals surface area contributed by atoms with Crippen LogP contribution in [0.15, 0.2) is 217 Å². The molecule has 5 aliphatic heterocycles. The van der Waals surface area contributed by atoms with E-state index in [1.54, 1.807) is 6.20 Å². The van der Waals surface area contributed by atoms with Crippen LogP contribution in [-0.4, -0.2) is 231 Å². The molecule has 0 saturated carbocycles. The number of rotatable bonds is 32. The van der Waals surface area contributed by atoms with E-state index < -0.39 is 18.3 Å². The number of amides is 5. The summed E-state index contributed by atoms with van der Waals surface area (Å²) in [6.07, 6.45) is 5.65. The summed E-state index contributed by atoms with van der Waals surface area (Å²) in [5, 5.41) is 98.1. The topological polar surface area (TPSA) is 419 Å². The maximum absolute atomic E-state index is 12.4. The van der Waals surface area contributed by atoms with Crippen molar-refractivity contribution in [3.05, 3.63) is 307 Å². The summed E-state index contributed by atoms with van der Waals surface area (Å²) < 4.78 is 0.930. The van der Waals surface area contributed by atoms with Crippen LogP contribution in [0.25, 0.3) is 0 Å². The number of nitrogens with zero attached hydrogens (tertiary/aromatic N) is 18. The Hall–Kier alpha value is -14.1. The highest BCUT2D eigenvalue weighted by molar-refractivity contribution is 9.10. The molecule has 5 fully saturated rings. The monoisotopic (exact) mass is 2090 g/mol. The minimum atomic E-state index is -0.620. The molecule has 17 rings (SSSR count). The van der Waals surface area contributed by atoms with Crippen LogP contribution in [0, 0.1) is 47.5 Å². The Morgan fingerprint density at radius 2 is 0.678 bits per heavy atom. The third-order valence-electron chi connectivity index (χ3n) is 26.6. The SMILES string of the molecule is Cc1ccc(N2CC[C@H](CC(=O)Cc3ccc(Br)cn3)C2)nn1.Cc1ccc(N2CC[C@H](NC(=O)Nc3ccc(C(C)C)cc3)C2)nn1.Cc1ccc(N2C[C@@H](O)[C@@H](NC(=O)Cc3ccc(C(C)C)cc3)C2)nn1.Cc1ccc(N2C[C@@H](O)[C@H](NC(=O)Cc3ccc(C(C)C)cc3)C2)nn1.Cc1ccc(N2C[C@H](O)[C@H](NC(=O)Cc3ccc(C(C)C)cc3)C2)nn1.Cc1ccc(NCCCC(=O)Cc2ccc(C(C)C)cc2)nn1. The van der Waals surface area contributed by atoms with Crippen LogP contribution in [0.3, 0.4) is 0 Å². The van der Waals surface area contributed by atoms with E-state index in [4.69, 9.17) is 0 Å². The van der Waals surface area contributed by atoms with Gasteiger partial charge in [0.25, 0.3) is 0 Å². The second-order valence-corrected chi connectivity index (χ2v) is 41.7. The van der Waals surface area contributed by atoms with Crippen molar-refractivity contribution in [3.63, 3.8) is 0 Å². The first-order valence-electron chi connectivity index (χ1n) is 51.8. The zero-order valence-electron chi connectivity index (χ0n) is 88.8. The van der Waals surface area contributed by atoms with Crippen molar-refractivity contribution in [2.24, 2.45) is 5.92 Å². The number of β-amino-alcohol motifs (C(OH)–C–C–N with tert-alkyl or cyclic N) is 3. The minimum absolute atomic E-state index is 0.0804. The largest absolute Gasteiger partial charge is 0.389 e. The number of aromatic nitrogens is 13. The maximum Gasteiger partial charge on any atom is 0.319 e. The van der Waals surface area contributed by atoms with Gasteiger partial charge in [0.05, 0.1) is 89.9 Å². The third kappa shape index (κ3) is 37.0. The van der Waals surface area contributed by atoms with Gasteiger partial charge in [-0.25, -0.2) is 4.79 Å². The molecule has 9 N–H and O–H groups in total. The van der Waals surface area contributed by atoms with Crippen LogP contribution in [0.1, 0.15) is 221 Å². The van der Waals surface area contributed by atoms with Gasteiger partial charge < -0.3 is 71.7 Å². The number of hydrogen-bond donors (Lipinski definition) is 9. The highest BCUT2D eigenvalue weighted by Crippen LogP contribution is 2.30. The van der Waals surface area contributed by atoms with Gasteiger partial charge in [-0.2, -0.15) is 30.6 Å². The number of aliphatic hydroxyl groups excluding tert-OH is 3. The van der Waals surface area contributed by atoms with Crippen LogP contribution in [0.2, 0.25) is 0 Å². The molecule has 0 radical (unpaired) electrons. The second kappa shape index (κ2) is 56.3. The molecular weight excluding hydrogens is 1940 g/mol. The Kier molecular flexibility index (Phi) is 43.0. The number of aliphatic hydroxyl groups is 3. The molecule has 7 aromatic heterocycles. The molecule has 0 bridgehead atoms. The number of pyridine rings is 1. The highest BCUT2D eigenvalue weighted by atomic mass is 79.9. The molecule has 5 aliphatic rings. The molecule has 149 heavy (non-hydrogen) atoms. The van der Waals surface area contributed by atoms with E-state index >= 15 is 0 Å². The summed E-state index contributed by atoms with van der Waals surface area (Å²) in [5.41, 5.74) is 17.3. The molecule has 0 aliphatic carbocycles. The fraction of sp³-hybridized carbons (Fsp3) is 0.435. The zero-order valence-corrected chi connectivity index (χ0v) is 90.4. The van der Waals surface area contributed by atoms with Crippen LogP contribution in [0.4, 0.5) is 45.4 Å². The van der Waals surface area contributed by atoms with Crippen molar-refractivity contribution in [1.29, 1.82) is 0 Å². The summed E-state index contributed by atoms with van der Waals surface area (Å²) in [5.74, 6) is 7.78. The summed E-state index contributed by atoms with van der Waals surface area (Å²) >= 11 is 3.35. The first kappa shape index (κ1) is 114. The normalized spacial score (nSPS) is 17.6. The van der Waals surface area contributed by atoms with Gasteiger partial charge in [0.1, 0.15) is 17.4 Å². The molecule has 34 heteroatoms. The lowest BCUT2D eigenvalue weighted by molar-refractivity contribution is -0.122. The van der Waals surface area contributed by atoms with Crippen molar-refractivity contribution in [3.8, 4) is 0 Å². The van der Waals surface area contributed by atoms with E-state index in [1.165, 1.54) is 27.8 Å². The van der Waals surface area contributed by atoms with E-state index in [0.717, 1.165) is 159 Å². The lowest BCUT2D eigenvalue weighted by Gasteiger charge is -2.17. The molecule has 33 nitrogen and oxygen atoms in total. The molecule has 0 unspecified atom stereocenters. The predicted octanol–water partition coefficient (Wildman–Crippen LogP) is 15.6. The number of nitrogens with one attached hydrogen (secondary N) is 6. The van der Waals surface area contributed by atoms with Crippen molar-refractivity contribution < 1.29 is 44.1 Å². The number of aryl methyl sites for hydroxylation is 6. The number of benzene rings is 5. The lowest BCUT2D eigenvalue weighted by Crippen LogP contribution is -2.43. The average Bonchev–Trinajstić information content (AvgIpc) is 1.70. The Morgan fingerprint density at radius 3 is 1.01 bits per heavy atom. The van der Waals surface area contributed by atoms with Crippen molar-refractivity contribution >= 4 is 91.8 Å². The quantitative estimate of drug-likeness (QED) is 0.0177. The van der Waals surface area contributed by atoms with E-state index in [2.05, 4.69) is 254 Å². The Labute approximate surface area is 884 Å². The molecule has 8 atom stereocenters. The van der Waals surface area contributed by atoms with Crippen LogP contribution in [0.5, 0.6) is 0 Å². The molecule has 5 aromatic carbocycles. The number of Topliss-reactive ketones (excluding diaryl/α,β-unsaturated/α-hetero) is 2. The summed E-state index contributed by atoms with van der Waals surface area (Å²) in [4.78, 5) is 88.0. The summed E-state index contributed by atoms with van der Waals surface area (Å²) in [7, 11) is 0. The van der Waals surface area contributed by atoms with Crippen molar-refractivity contribution in [2.45, 2.75) is 247 Å². The minimum Gasteiger partial charge on any atom is -0.389 e. The molecule has 12 heterocycles. The molecular formula is C115H147BrN24O9. The molecule has 5 saturated heterocycles. The first-order chi connectivity index (χ1) is 71.4. The number of carbonyl (C=O) groups excluding carboxylic acids is 6. The molecule has 0 spiro atoms. The van der Waals surface area contributed by atoms with Gasteiger partial charge in [0.2, 0.25) is 17.7 Å². The van der Waals surface area contributed by atoms with Gasteiger partial charge in [0, 0.05) is 126 Å². The predicted molar refractivity (Wildman–Crippen MR) is 590 cm³/mol. The number of halogens is 1.